The molecular formula is C19H25NO2. The van der Waals surface area contributed by atoms with Gasteiger partial charge in [0.25, 0.3) is 0 Å². The quantitative estimate of drug-likeness (QED) is 0.785. The lowest BCUT2D eigenvalue weighted by Gasteiger charge is -2.20. The first kappa shape index (κ1) is 16.5. The van der Waals surface area contributed by atoms with Gasteiger partial charge in [-0.25, -0.2) is 0 Å². The van der Waals surface area contributed by atoms with Gasteiger partial charge in [-0.05, 0) is 29.2 Å². The average Bonchev–Trinajstić information content (AvgIpc) is 2.55. The van der Waals surface area contributed by atoms with Crippen molar-refractivity contribution < 1.29 is 9.84 Å². The first-order valence-electron chi connectivity index (χ1n) is 7.79. The molecule has 3 nitrogen and oxygen atoms in total. The molecule has 0 heterocycles. The predicted octanol–water partition coefficient (Wildman–Crippen LogP) is 3.37. The number of aliphatic hydroxyl groups is 1. The molecule has 0 radical (unpaired) electrons. The number of hydrogen-bond acceptors (Lipinski definition) is 3. The molecule has 2 N–H and O–H groups in total. The minimum Gasteiger partial charge on any atom is -0.489 e. The third-order valence-electron chi connectivity index (χ3n) is 3.74. The van der Waals surface area contributed by atoms with Crippen molar-refractivity contribution in [2.24, 2.45) is 5.92 Å². The fourth-order valence-electron chi connectivity index (χ4n) is 2.20. The predicted molar refractivity (Wildman–Crippen MR) is 89.8 cm³/mol. The van der Waals surface area contributed by atoms with Gasteiger partial charge < -0.3 is 15.2 Å². The van der Waals surface area contributed by atoms with Crippen molar-refractivity contribution in [1.29, 1.82) is 0 Å². The molecule has 0 amide bonds. The van der Waals surface area contributed by atoms with E-state index in [0.717, 1.165) is 17.9 Å². The van der Waals surface area contributed by atoms with E-state index in [2.05, 4.69) is 43.4 Å². The van der Waals surface area contributed by atoms with Crippen LogP contribution in [0.5, 0.6) is 5.75 Å². The fourth-order valence-corrected chi connectivity index (χ4v) is 2.20. The van der Waals surface area contributed by atoms with Crippen LogP contribution in [0, 0.1) is 5.92 Å². The van der Waals surface area contributed by atoms with Crippen LogP contribution >= 0.6 is 0 Å². The van der Waals surface area contributed by atoms with Gasteiger partial charge in [-0.3, -0.25) is 0 Å². The lowest BCUT2D eigenvalue weighted by Crippen LogP contribution is -2.36. The van der Waals surface area contributed by atoms with Crippen LogP contribution in [0.3, 0.4) is 0 Å². The second kappa shape index (κ2) is 8.57. The van der Waals surface area contributed by atoms with Gasteiger partial charge in [-0.15, -0.1) is 0 Å². The summed E-state index contributed by atoms with van der Waals surface area (Å²) < 4.78 is 5.77. The lowest BCUT2D eigenvalue weighted by atomic mass is 10.1. The third kappa shape index (κ3) is 5.17. The van der Waals surface area contributed by atoms with E-state index in [1.165, 1.54) is 5.56 Å². The van der Waals surface area contributed by atoms with E-state index < -0.39 is 0 Å². The van der Waals surface area contributed by atoms with Gasteiger partial charge in [0.05, 0.1) is 6.61 Å². The van der Waals surface area contributed by atoms with Crippen LogP contribution in [0.4, 0.5) is 0 Å². The van der Waals surface area contributed by atoms with Gasteiger partial charge in [0.15, 0.2) is 0 Å². The minimum atomic E-state index is 0.133. The smallest absolute Gasteiger partial charge is 0.119 e. The first-order chi connectivity index (χ1) is 10.7. The van der Waals surface area contributed by atoms with Gasteiger partial charge >= 0.3 is 0 Å². The zero-order chi connectivity index (χ0) is 15.8. The van der Waals surface area contributed by atoms with E-state index in [1.54, 1.807) is 0 Å². The van der Waals surface area contributed by atoms with Crippen molar-refractivity contribution in [1.82, 2.24) is 5.32 Å². The highest BCUT2D eigenvalue weighted by Crippen LogP contribution is 2.14. The van der Waals surface area contributed by atoms with Crippen LogP contribution in [0.15, 0.2) is 54.6 Å². The molecule has 0 fully saturated rings. The minimum absolute atomic E-state index is 0.133. The van der Waals surface area contributed by atoms with Crippen LogP contribution < -0.4 is 10.1 Å². The van der Waals surface area contributed by atoms with Crippen molar-refractivity contribution in [2.75, 3.05) is 6.61 Å². The van der Waals surface area contributed by atoms with E-state index in [1.807, 2.05) is 30.3 Å². The maximum Gasteiger partial charge on any atom is 0.119 e. The van der Waals surface area contributed by atoms with Crippen molar-refractivity contribution >= 4 is 0 Å². The van der Waals surface area contributed by atoms with Crippen LogP contribution in [-0.4, -0.2) is 17.8 Å². The largest absolute Gasteiger partial charge is 0.489 e. The molecule has 2 aromatic rings. The van der Waals surface area contributed by atoms with Gasteiger partial charge in [-0.2, -0.15) is 0 Å². The molecular weight excluding hydrogens is 274 g/mol. The summed E-state index contributed by atoms with van der Waals surface area (Å²) in [4.78, 5) is 0. The Kier molecular flexibility index (Phi) is 6.44. The van der Waals surface area contributed by atoms with Gasteiger partial charge in [-0.1, -0.05) is 56.3 Å². The maximum absolute atomic E-state index is 9.31. The first-order valence-corrected chi connectivity index (χ1v) is 7.79. The van der Waals surface area contributed by atoms with Crippen molar-refractivity contribution in [3.63, 3.8) is 0 Å². The van der Waals surface area contributed by atoms with E-state index >= 15 is 0 Å². The average molecular weight is 299 g/mol. The normalized spacial score (nSPS) is 12.4. The third-order valence-corrected chi connectivity index (χ3v) is 3.74. The maximum atomic E-state index is 9.31. The van der Waals surface area contributed by atoms with E-state index in [4.69, 9.17) is 4.74 Å². The summed E-state index contributed by atoms with van der Waals surface area (Å²) in [7, 11) is 0. The van der Waals surface area contributed by atoms with Crippen molar-refractivity contribution in [3.05, 3.63) is 65.7 Å². The Balaban J connectivity index is 1.82. The highest BCUT2D eigenvalue weighted by molar-refractivity contribution is 5.27. The summed E-state index contributed by atoms with van der Waals surface area (Å²) in [6.45, 7) is 5.71. The molecule has 0 unspecified atom stereocenters. The molecule has 118 valence electrons. The molecule has 0 bridgehead atoms. The Morgan fingerprint density at radius 3 is 2.23 bits per heavy atom. The molecule has 3 heteroatoms. The second-order valence-electron chi connectivity index (χ2n) is 5.83. The Morgan fingerprint density at radius 2 is 1.64 bits per heavy atom. The highest BCUT2D eigenvalue weighted by atomic mass is 16.5. The number of rotatable bonds is 8. The molecule has 0 saturated heterocycles. The summed E-state index contributed by atoms with van der Waals surface area (Å²) in [5.41, 5.74) is 2.35. The number of ether oxygens (including phenoxy) is 1. The molecule has 2 rings (SSSR count). The van der Waals surface area contributed by atoms with Crippen molar-refractivity contribution in [2.45, 2.75) is 33.0 Å². The summed E-state index contributed by atoms with van der Waals surface area (Å²) in [5, 5.41) is 12.7. The van der Waals surface area contributed by atoms with Crippen LogP contribution in [0.25, 0.3) is 0 Å². The standard InChI is InChI=1S/C19H25NO2/c1-15(2)19(13-21)20-12-16-8-10-18(11-9-16)22-14-17-6-4-3-5-7-17/h3-11,15,19-21H,12-14H2,1-2H3/t19-/m1/s1. The molecule has 0 aliphatic carbocycles. The molecule has 1 atom stereocenters. The zero-order valence-electron chi connectivity index (χ0n) is 13.3. The van der Waals surface area contributed by atoms with Crippen LogP contribution in [-0.2, 0) is 13.2 Å². The molecule has 0 aromatic heterocycles. The monoisotopic (exact) mass is 299 g/mol. The molecule has 0 saturated carbocycles. The SMILES string of the molecule is CC(C)[C@@H](CO)NCc1ccc(OCc2ccccc2)cc1. The molecule has 0 aliphatic heterocycles. The van der Waals surface area contributed by atoms with Crippen LogP contribution in [0.2, 0.25) is 0 Å². The Labute approximate surface area is 133 Å². The lowest BCUT2D eigenvalue weighted by molar-refractivity contribution is 0.210. The Bertz CT molecular complexity index is 537. The van der Waals surface area contributed by atoms with Crippen LogP contribution in [0.1, 0.15) is 25.0 Å². The summed E-state index contributed by atoms with van der Waals surface area (Å²) in [6.07, 6.45) is 0. The second-order valence-corrected chi connectivity index (χ2v) is 5.83. The fraction of sp³-hybridized carbons (Fsp3) is 0.368. The molecule has 22 heavy (non-hydrogen) atoms. The van der Waals surface area contributed by atoms with Gasteiger partial charge in [0.2, 0.25) is 0 Å². The number of benzene rings is 2. The molecule has 2 aromatic carbocycles. The summed E-state index contributed by atoms with van der Waals surface area (Å²) in [5.74, 6) is 1.29. The van der Waals surface area contributed by atoms with Crippen molar-refractivity contribution in [3.8, 4) is 5.75 Å². The van der Waals surface area contributed by atoms with Gasteiger partial charge in [0, 0.05) is 12.6 Å². The van der Waals surface area contributed by atoms with E-state index in [-0.39, 0.29) is 12.6 Å². The zero-order valence-corrected chi connectivity index (χ0v) is 13.3. The molecule has 0 aliphatic rings. The topological polar surface area (TPSA) is 41.5 Å². The number of hydrogen-bond donors (Lipinski definition) is 2. The Morgan fingerprint density at radius 1 is 0.955 bits per heavy atom. The van der Waals surface area contributed by atoms with E-state index in [9.17, 15) is 5.11 Å². The summed E-state index contributed by atoms with van der Waals surface area (Å²) >= 11 is 0. The van der Waals surface area contributed by atoms with Gasteiger partial charge in [0.1, 0.15) is 12.4 Å². The molecule has 0 spiro atoms. The Hall–Kier alpha value is -1.84. The summed E-state index contributed by atoms with van der Waals surface area (Å²) in [6, 6.07) is 18.4. The van der Waals surface area contributed by atoms with E-state index in [0.29, 0.717) is 12.5 Å². The number of nitrogens with one attached hydrogen (secondary N) is 1. The number of aliphatic hydroxyl groups excluding tert-OH is 1. The highest BCUT2D eigenvalue weighted by Gasteiger charge is 2.10.